The maximum absolute atomic E-state index is 12.5. The Hall–Kier alpha value is -1.12. The van der Waals surface area contributed by atoms with Crippen LogP contribution in [0.3, 0.4) is 0 Å². The Kier molecular flexibility index (Phi) is 3.23. The fourth-order valence-corrected chi connectivity index (χ4v) is 3.66. The van der Waals surface area contributed by atoms with Gasteiger partial charge >= 0.3 is 0 Å². The minimum absolute atomic E-state index is 0.0489. The first-order valence-corrected chi connectivity index (χ1v) is 7.34. The van der Waals surface area contributed by atoms with Crippen LogP contribution in [0.2, 0.25) is 0 Å². The zero-order valence-electron chi connectivity index (χ0n) is 10.9. The first-order valence-electron chi connectivity index (χ1n) is 7.34. The number of imide groups is 1. The van der Waals surface area contributed by atoms with Gasteiger partial charge in [-0.05, 0) is 38.5 Å². The number of carbonyl (C=O) groups is 2. The molecule has 1 heterocycles. The molecule has 0 aromatic carbocycles. The predicted molar refractivity (Wildman–Crippen MR) is 68.8 cm³/mol. The Balaban J connectivity index is 1.85. The third-order valence-electron chi connectivity index (χ3n) is 4.63. The van der Waals surface area contributed by atoms with E-state index in [9.17, 15) is 9.59 Å². The number of nitrogens with zero attached hydrogens (tertiary/aromatic N) is 1. The van der Waals surface area contributed by atoms with Crippen LogP contribution >= 0.6 is 0 Å². The van der Waals surface area contributed by atoms with Gasteiger partial charge in [-0.3, -0.25) is 14.5 Å². The zero-order valence-corrected chi connectivity index (χ0v) is 10.9. The highest BCUT2D eigenvalue weighted by atomic mass is 16.2. The van der Waals surface area contributed by atoms with E-state index < -0.39 is 0 Å². The topological polar surface area (TPSA) is 37.4 Å². The molecule has 0 saturated heterocycles. The molecule has 98 valence electrons. The smallest absolute Gasteiger partial charge is 0.256 e. The summed E-state index contributed by atoms with van der Waals surface area (Å²) in [5.74, 6) is 0.111. The van der Waals surface area contributed by atoms with Gasteiger partial charge in [-0.15, -0.1) is 0 Å². The molecule has 0 N–H and O–H groups in total. The van der Waals surface area contributed by atoms with Gasteiger partial charge in [-0.25, -0.2) is 0 Å². The molecule has 0 unspecified atom stereocenters. The van der Waals surface area contributed by atoms with Crippen LogP contribution in [0.5, 0.6) is 0 Å². The molecular formula is C15H21NO2. The summed E-state index contributed by atoms with van der Waals surface area (Å²) in [5.41, 5.74) is 2.12. The van der Waals surface area contributed by atoms with E-state index in [0.29, 0.717) is 6.42 Å². The Bertz CT molecular complexity index is 405. The van der Waals surface area contributed by atoms with Gasteiger partial charge in [0.05, 0.1) is 0 Å². The molecule has 1 saturated carbocycles. The number of hydrogen-bond acceptors (Lipinski definition) is 2. The highest BCUT2D eigenvalue weighted by Crippen LogP contribution is 2.35. The van der Waals surface area contributed by atoms with Crippen LogP contribution in [0.15, 0.2) is 11.1 Å². The lowest BCUT2D eigenvalue weighted by molar-refractivity contribution is -0.147. The normalized spacial score (nSPS) is 26.6. The molecule has 2 aliphatic carbocycles. The van der Waals surface area contributed by atoms with E-state index in [4.69, 9.17) is 0 Å². The van der Waals surface area contributed by atoms with Crippen LogP contribution in [-0.4, -0.2) is 22.8 Å². The third kappa shape index (κ3) is 2.00. The van der Waals surface area contributed by atoms with E-state index in [1.165, 1.54) is 6.42 Å². The van der Waals surface area contributed by atoms with E-state index in [0.717, 1.165) is 62.5 Å². The number of amides is 2. The van der Waals surface area contributed by atoms with E-state index in [1.54, 1.807) is 4.90 Å². The Morgan fingerprint density at radius 2 is 1.61 bits per heavy atom. The quantitative estimate of drug-likeness (QED) is 0.668. The SMILES string of the molecule is O=C1CC2=C(CCCC2)C(=O)N1C1CCCCC1. The molecule has 0 spiro atoms. The van der Waals surface area contributed by atoms with Crippen LogP contribution in [0.1, 0.15) is 64.2 Å². The summed E-state index contributed by atoms with van der Waals surface area (Å²) in [5, 5.41) is 0. The van der Waals surface area contributed by atoms with Gasteiger partial charge in [0.2, 0.25) is 5.91 Å². The van der Waals surface area contributed by atoms with Crippen molar-refractivity contribution < 1.29 is 9.59 Å². The highest BCUT2D eigenvalue weighted by molar-refractivity contribution is 6.08. The summed E-state index contributed by atoms with van der Waals surface area (Å²) in [6.45, 7) is 0. The van der Waals surface area contributed by atoms with Crippen molar-refractivity contribution >= 4 is 11.8 Å². The second-order valence-corrected chi connectivity index (χ2v) is 5.83. The fraction of sp³-hybridized carbons (Fsp3) is 0.733. The van der Waals surface area contributed by atoms with Crippen LogP contribution in [0.25, 0.3) is 0 Å². The number of rotatable bonds is 1. The molecule has 0 bridgehead atoms. The second-order valence-electron chi connectivity index (χ2n) is 5.83. The lowest BCUT2D eigenvalue weighted by atomic mass is 9.84. The summed E-state index contributed by atoms with van der Waals surface area (Å²) >= 11 is 0. The van der Waals surface area contributed by atoms with E-state index in [1.807, 2.05) is 0 Å². The molecule has 3 rings (SSSR count). The lowest BCUT2D eigenvalue weighted by Crippen LogP contribution is -2.49. The molecule has 0 radical (unpaired) electrons. The van der Waals surface area contributed by atoms with Gasteiger partial charge in [0.25, 0.3) is 5.91 Å². The fourth-order valence-electron chi connectivity index (χ4n) is 3.66. The van der Waals surface area contributed by atoms with Gasteiger partial charge in [0, 0.05) is 18.0 Å². The maximum Gasteiger partial charge on any atom is 0.256 e. The van der Waals surface area contributed by atoms with Crippen molar-refractivity contribution in [3.05, 3.63) is 11.1 Å². The molecule has 1 aliphatic heterocycles. The van der Waals surface area contributed by atoms with Crippen LogP contribution in [-0.2, 0) is 9.59 Å². The largest absolute Gasteiger partial charge is 0.275 e. The Morgan fingerprint density at radius 1 is 0.889 bits per heavy atom. The Labute approximate surface area is 108 Å². The molecule has 0 aromatic heterocycles. The van der Waals surface area contributed by atoms with Crippen molar-refractivity contribution in [2.24, 2.45) is 0 Å². The summed E-state index contributed by atoms with van der Waals surface area (Å²) in [7, 11) is 0. The minimum atomic E-state index is 0.0489. The molecule has 0 atom stereocenters. The van der Waals surface area contributed by atoms with Crippen LogP contribution < -0.4 is 0 Å². The highest BCUT2D eigenvalue weighted by Gasteiger charge is 2.38. The molecule has 0 aromatic rings. The van der Waals surface area contributed by atoms with Crippen molar-refractivity contribution in [3.8, 4) is 0 Å². The van der Waals surface area contributed by atoms with E-state index >= 15 is 0 Å². The summed E-state index contributed by atoms with van der Waals surface area (Å²) < 4.78 is 0. The molecule has 2 amide bonds. The first kappa shape index (κ1) is 11.9. The van der Waals surface area contributed by atoms with Crippen molar-refractivity contribution in [1.82, 2.24) is 4.90 Å². The van der Waals surface area contributed by atoms with Crippen LogP contribution in [0, 0.1) is 0 Å². The average molecular weight is 247 g/mol. The second kappa shape index (κ2) is 4.87. The molecule has 3 nitrogen and oxygen atoms in total. The summed E-state index contributed by atoms with van der Waals surface area (Å²) in [6, 6.07) is 0.190. The molecule has 3 heteroatoms. The van der Waals surface area contributed by atoms with E-state index in [2.05, 4.69) is 0 Å². The van der Waals surface area contributed by atoms with Crippen molar-refractivity contribution in [1.29, 1.82) is 0 Å². The molecule has 18 heavy (non-hydrogen) atoms. The van der Waals surface area contributed by atoms with Gasteiger partial charge in [-0.2, -0.15) is 0 Å². The Morgan fingerprint density at radius 3 is 2.39 bits per heavy atom. The summed E-state index contributed by atoms with van der Waals surface area (Å²) in [4.78, 5) is 26.4. The molecular weight excluding hydrogens is 226 g/mol. The van der Waals surface area contributed by atoms with Gasteiger partial charge in [0.15, 0.2) is 0 Å². The molecule has 1 fully saturated rings. The molecule has 3 aliphatic rings. The van der Waals surface area contributed by atoms with E-state index in [-0.39, 0.29) is 17.9 Å². The average Bonchev–Trinajstić information content (AvgIpc) is 2.40. The third-order valence-corrected chi connectivity index (χ3v) is 4.63. The van der Waals surface area contributed by atoms with Crippen molar-refractivity contribution in [2.45, 2.75) is 70.3 Å². The van der Waals surface area contributed by atoms with Crippen molar-refractivity contribution in [3.63, 3.8) is 0 Å². The monoisotopic (exact) mass is 247 g/mol. The van der Waals surface area contributed by atoms with Gasteiger partial charge < -0.3 is 0 Å². The van der Waals surface area contributed by atoms with Gasteiger partial charge in [0.1, 0.15) is 0 Å². The number of hydrogen-bond donors (Lipinski definition) is 0. The standard InChI is InChI=1S/C15H21NO2/c17-14-10-11-6-4-5-9-13(11)15(18)16(14)12-7-2-1-3-8-12/h12H,1-10H2. The maximum atomic E-state index is 12.5. The zero-order chi connectivity index (χ0) is 12.5. The lowest BCUT2D eigenvalue weighted by Gasteiger charge is -2.38. The van der Waals surface area contributed by atoms with Crippen LogP contribution in [0.4, 0.5) is 0 Å². The first-order chi connectivity index (χ1) is 8.77. The summed E-state index contributed by atoms with van der Waals surface area (Å²) in [6.07, 6.45) is 10.2. The number of carbonyl (C=O) groups excluding carboxylic acids is 2. The predicted octanol–water partition coefficient (Wildman–Crippen LogP) is 2.95. The minimum Gasteiger partial charge on any atom is -0.275 e. The van der Waals surface area contributed by atoms with Gasteiger partial charge in [-0.1, -0.05) is 24.8 Å². The van der Waals surface area contributed by atoms with Crippen molar-refractivity contribution in [2.75, 3.05) is 0 Å².